The maximum Gasteiger partial charge on any atom is 0.270 e. The Balaban J connectivity index is 1.65. The van der Waals surface area contributed by atoms with E-state index in [0.29, 0.717) is 31.9 Å². The molecule has 0 fully saturated rings. The van der Waals surface area contributed by atoms with Crippen molar-refractivity contribution in [3.63, 3.8) is 0 Å². The van der Waals surface area contributed by atoms with Gasteiger partial charge in [0.25, 0.3) is 5.91 Å². The van der Waals surface area contributed by atoms with E-state index in [1.54, 1.807) is 30.4 Å². The second-order valence-electron chi connectivity index (χ2n) is 7.48. The Morgan fingerprint density at radius 3 is 2.70 bits per heavy atom. The van der Waals surface area contributed by atoms with Gasteiger partial charge in [-0.3, -0.25) is 4.79 Å². The fourth-order valence-electron chi connectivity index (χ4n) is 4.14. The van der Waals surface area contributed by atoms with E-state index in [1.165, 1.54) is 16.6 Å². The van der Waals surface area contributed by atoms with E-state index in [1.807, 2.05) is 12.1 Å². The predicted octanol–water partition coefficient (Wildman–Crippen LogP) is 3.50. The van der Waals surface area contributed by atoms with E-state index in [4.69, 9.17) is 0 Å². The molecule has 1 aliphatic rings. The minimum atomic E-state index is -3.61. The number of fused-ring (bicyclic) bond motifs is 3. The fourth-order valence-corrected chi connectivity index (χ4v) is 6.13. The number of H-pyrrole nitrogens is 1. The van der Waals surface area contributed by atoms with Crippen LogP contribution in [0.2, 0.25) is 0 Å². The number of rotatable bonds is 5. The molecule has 0 atom stereocenters. The lowest BCUT2D eigenvalue weighted by Crippen LogP contribution is -2.36. The van der Waals surface area contributed by atoms with Gasteiger partial charge in [-0.25, -0.2) is 8.42 Å². The molecule has 0 unspecified atom stereocenters. The molecule has 2 aromatic heterocycles. The summed E-state index contributed by atoms with van der Waals surface area (Å²) in [5.41, 5.74) is 3.70. The number of hydrogen-bond donors (Lipinski definition) is 1. The number of sulfonamides is 1. The Hall–Kier alpha value is -2.10. The summed E-state index contributed by atoms with van der Waals surface area (Å²) in [6.07, 6.45) is 2.26. The van der Waals surface area contributed by atoms with Crippen LogP contribution in [0.25, 0.3) is 10.9 Å². The predicted molar refractivity (Wildman–Crippen MR) is 120 cm³/mol. The highest BCUT2D eigenvalue weighted by atomic mass is 79.9. The van der Waals surface area contributed by atoms with Crippen molar-refractivity contribution in [1.82, 2.24) is 18.8 Å². The molecule has 160 valence electrons. The molecular formula is C21H25BrN4O3S. The van der Waals surface area contributed by atoms with Crippen molar-refractivity contribution >= 4 is 42.8 Å². The summed E-state index contributed by atoms with van der Waals surface area (Å²) in [4.78, 5) is 18.7. The number of nitrogens with zero attached hydrogens (tertiary/aromatic N) is 3. The van der Waals surface area contributed by atoms with Crippen LogP contribution in [0.5, 0.6) is 0 Å². The number of aryl methyl sites for hydroxylation is 1. The van der Waals surface area contributed by atoms with Gasteiger partial charge in [0, 0.05) is 67.0 Å². The summed E-state index contributed by atoms with van der Waals surface area (Å²) < 4.78 is 29.7. The number of hydrogen-bond acceptors (Lipinski definition) is 3. The summed E-state index contributed by atoms with van der Waals surface area (Å²) in [6.45, 7) is 5.47. The molecule has 1 amide bonds. The second-order valence-corrected chi connectivity index (χ2v) is 10.3. The first-order valence-electron chi connectivity index (χ1n) is 10.0. The molecule has 0 radical (unpaired) electrons. The average molecular weight is 493 g/mol. The van der Waals surface area contributed by atoms with Gasteiger partial charge in [0.15, 0.2) is 0 Å². The third-order valence-electron chi connectivity index (χ3n) is 5.79. The summed E-state index contributed by atoms with van der Waals surface area (Å²) in [5, 5.41) is 1.11. The van der Waals surface area contributed by atoms with Gasteiger partial charge in [-0.1, -0.05) is 26.0 Å². The number of benzene rings is 1. The maximum absolute atomic E-state index is 13.3. The second kappa shape index (κ2) is 7.86. The third-order valence-corrected chi connectivity index (χ3v) is 8.47. The minimum Gasteiger partial charge on any atom is -0.357 e. The molecule has 7 nitrogen and oxygen atoms in total. The molecule has 0 saturated carbocycles. The molecular weight excluding hydrogens is 468 g/mol. The van der Waals surface area contributed by atoms with Gasteiger partial charge < -0.3 is 14.5 Å². The first-order chi connectivity index (χ1) is 14.3. The van der Waals surface area contributed by atoms with E-state index in [-0.39, 0.29) is 10.8 Å². The number of para-hydroxylation sites is 1. The molecule has 3 heterocycles. The fraction of sp³-hybridized carbons (Fsp3) is 0.381. The highest BCUT2D eigenvalue weighted by Crippen LogP contribution is 2.32. The van der Waals surface area contributed by atoms with Gasteiger partial charge in [0.05, 0.1) is 5.52 Å². The molecule has 1 N–H and O–H groups in total. The van der Waals surface area contributed by atoms with Crippen molar-refractivity contribution in [3.8, 4) is 0 Å². The molecule has 0 aliphatic carbocycles. The highest BCUT2D eigenvalue weighted by molar-refractivity contribution is 9.10. The largest absolute Gasteiger partial charge is 0.357 e. The first-order valence-corrected chi connectivity index (χ1v) is 12.2. The lowest BCUT2D eigenvalue weighted by molar-refractivity contribution is 0.0725. The van der Waals surface area contributed by atoms with Gasteiger partial charge in [-0.15, -0.1) is 0 Å². The van der Waals surface area contributed by atoms with Gasteiger partial charge in [-0.2, -0.15) is 4.31 Å². The zero-order valence-corrected chi connectivity index (χ0v) is 19.7. The van der Waals surface area contributed by atoms with Crippen molar-refractivity contribution in [1.29, 1.82) is 0 Å². The van der Waals surface area contributed by atoms with E-state index in [0.717, 1.165) is 33.1 Å². The molecule has 4 rings (SSSR count). The first kappa shape index (κ1) is 21.1. The van der Waals surface area contributed by atoms with E-state index >= 15 is 0 Å². The van der Waals surface area contributed by atoms with Crippen LogP contribution in [0, 0.1) is 0 Å². The maximum atomic E-state index is 13.3. The zero-order valence-electron chi connectivity index (χ0n) is 17.3. The molecule has 3 aromatic rings. The van der Waals surface area contributed by atoms with E-state index in [2.05, 4.69) is 27.0 Å². The average Bonchev–Trinajstić information content (AvgIpc) is 3.30. The monoisotopic (exact) mass is 492 g/mol. The summed E-state index contributed by atoms with van der Waals surface area (Å²) >= 11 is 3.58. The number of aromatic amines is 1. The van der Waals surface area contributed by atoms with E-state index in [9.17, 15) is 13.2 Å². The summed E-state index contributed by atoms with van der Waals surface area (Å²) in [5.74, 6) is -0.159. The molecule has 0 spiro atoms. The lowest BCUT2D eigenvalue weighted by Gasteiger charge is -2.27. The van der Waals surface area contributed by atoms with Crippen molar-refractivity contribution in [2.24, 2.45) is 7.05 Å². The normalized spacial score (nSPS) is 14.5. The smallest absolute Gasteiger partial charge is 0.270 e. The highest BCUT2D eigenvalue weighted by Gasteiger charge is 2.29. The molecule has 9 heteroatoms. The van der Waals surface area contributed by atoms with Crippen LogP contribution in [0.15, 0.2) is 39.8 Å². The van der Waals surface area contributed by atoms with Crippen LogP contribution in [0.1, 0.15) is 35.6 Å². The minimum absolute atomic E-state index is 0.158. The van der Waals surface area contributed by atoms with Crippen molar-refractivity contribution in [2.75, 3.05) is 19.6 Å². The number of carbonyl (C=O) groups is 1. The van der Waals surface area contributed by atoms with Gasteiger partial charge >= 0.3 is 0 Å². The van der Waals surface area contributed by atoms with Gasteiger partial charge in [0.1, 0.15) is 10.6 Å². The topological polar surface area (TPSA) is 78.4 Å². The Bertz CT molecular complexity index is 1220. The third kappa shape index (κ3) is 3.38. The number of halogens is 1. The SMILES string of the molecule is CCN(CC)S(=O)(=O)c1cc(C(=O)N2CCc3[nH]c4c(Br)cccc4c3C2)n(C)c1. The van der Waals surface area contributed by atoms with Crippen LogP contribution >= 0.6 is 15.9 Å². The molecule has 30 heavy (non-hydrogen) atoms. The van der Waals surface area contributed by atoms with Crippen LogP contribution in [0.3, 0.4) is 0 Å². The van der Waals surface area contributed by atoms with Gasteiger partial charge in [-0.05, 0) is 28.1 Å². The number of carbonyl (C=O) groups excluding carboxylic acids is 1. The van der Waals surface area contributed by atoms with Crippen LogP contribution in [-0.4, -0.2) is 52.7 Å². The van der Waals surface area contributed by atoms with Crippen LogP contribution < -0.4 is 0 Å². The van der Waals surface area contributed by atoms with Gasteiger partial charge in [0.2, 0.25) is 10.0 Å². The summed E-state index contributed by atoms with van der Waals surface area (Å²) in [7, 11) is -1.89. The van der Waals surface area contributed by atoms with Crippen LogP contribution in [0.4, 0.5) is 0 Å². The Morgan fingerprint density at radius 1 is 1.27 bits per heavy atom. The Kier molecular flexibility index (Phi) is 5.54. The molecule has 0 bridgehead atoms. The van der Waals surface area contributed by atoms with Crippen molar-refractivity contribution < 1.29 is 13.2 Å². The number of nitrogens with one attached hydrogen (secondary N) is 1. The Morgan fingerprint density at radius 2 is 2.00 bits per heavy atom. The molecule has 1 aliphatic heterocycles. The molecule has 1 aromatic carbocycles. The lowest BCUT2D eigenvalue weighted by atomic mass is 10.0. The summed E-state index contributed by atoms with van der Waals surface area (Å²) in [6, 6.07) is 7.54. The number of aromatic nitrogens is 2. The van der Waals surface area contributed by atoms with Crippen molar-refractivity contribution in [2.45, 2.75) is 31.7 Å². The van der Waals surface area contributed by atoms with E-state index < -0.39 is 10.0 Å². The molecule has 0 saturated heterocycles. The Labute approximate surface area is 184 Å². The quantitative estimate of drug-likeness (QED) is 0.591. The van der Waals surface area contributed by atoms with Crippen LogP contribution in [-0.2, 0) is 30.0 Å². The number of amides is 1. The standard InChI is InChI=1S/C21H25BrN4O3S/c1-4-26(5-2)30(28,29)14-11-19(24(3)12-14)21(27)25-10-9-18-16(13-25)15-7-6-8-17(22)20(15)23-18/h6-8,11-12,23H,4-5,9-10,13H2,1-3H3. The van der Waals surface area contributed by atoms with Crippen molar-refractivity contribution in [3.05, 3.63) is 51.9 Å². The zero-order chi connectivity index (χ0) is 21.6.